The van der Waals surface area contributed by atoms with E-state index in [4.69, 9.17) is 16.3 Å². The van der Waals surface area contributed by atoms with Crippen LogP contribution in [-0.4, -0.2) is 32.1 Å². The van der Waals surface area contributed by atoms with E-state index in [1.54, 1.807) is 40.5 Å². The van der Waals surface area contributed by atoms with Crippen molar-refractivity contribution in [3.05, 3.63) is 71.1 Å². The highest BCUT2D eigenvalue weighted by Gasteiger charge is 2.14. The van der Waals surface area contributed by atoms with Crippen molar-refractivity contribution in [2.75, 3.05) is 11.9 Å². The summed E-state index contributed by atoms with van der Waals surface area (Å²) in [6.07, 6.45) is 2.36. The van der Waals surface area contributed by atoms with Crippen molar-refractivity contribution in [1.29, 1.82) is 0 Å². The van der Waals surface area contributed by atoms with Crippen LogP contribution in [0.1, 0.15) is 18.2 Å². The molecule has 0 saturated carbocycles. The van der Waals surface area contributed by atoms with E-state index >= 15 is 0 Å². The number of amides is 1. The van der Waals surface area contributed by atoms with Crippen LogP contribution >= 0.6 is 23.4 Å². The lowest BCUT2D eigenvalue weighted by molar-refractivity contribution is -0.118. The molecule has 4 aromatic rings. The smallest absolute Gasteiger partial charge is 0.262 e. The number of aryl methyl sites for hydroxylation is 1. The zero-order valence-electron chi connectivity index (χ0n) is 17.0. The first kappa shape index (κ1) is 21.1. The average molecular weight is 454 g/mol. The molecule has 0 aliphatic rings. The number of benzene rings is 2. The molecule has 7 nitrogen and oxygen atoms in total. The number of rotatable bonds is 7. The van der Waals surface area contributed by atoms with Crippen LogP contribution in [-0.2, 0) is 11.2 Å². The van der Waals surface area contributed by atoms with Crippen LogP contribution in [0.4, 0.5) is 5.69 Å². The summed E-state index contributed by atoms with van der Waals surface area (Å²) in [7, 11) is 0. The number of hydrogen-bond acceptors (Lipinski definition) is 6. The molecule has 9 heteroatoms. The van der Waals surface area contributed by atoms with Crippen molar-refractivity contribution in [3.63, 3.8) is 0 Å². The van der Waals surface area contributed by atoms with E-state index < -0.39 is 0 Å². The summed E-state index contributed by atoms with van der Waals surface area (Å²) in [4.78, 5) is 21.9. The predicted molar refractivity (Wildman–Crippen MR) is 121 cm³/mol. The Morgan fingerprint density at radius 1 is 1.16 bits per heavy atom. The Bertz CT molecular complexity index is 1210. The first-order valence-corrected chi connectivity index (χ1v) is 10.9. The third-order valence-electron chi connectivity index (χ3n) is 4.57. The van der Waals surface area contributed by atoms with Gasteiger partial charge in [-0.05, 0) is 61.9 Å². The first-order valence-electron chi connectivity index (χ1n) is 9.69. The molecule has 2 heterocycles. The predicted octanol–water partition coefficient (Wildman–Crippen LogP) is 4.82. The quantitative estimate of drug-likeness (QED) is 0.404. The third kappa shape index (κ3) is 4.98. The minimum Gasteiger partial charge on any atom is -0.484 e. The van der Waals surface area contributed by atoms with Gasteiger partial charge in [-0.15, -0.1) is 0 Å². The van der Waals surface area contributed by atoms with Crippen LogP contribution in [0.3, 0.4) is 0 Å². The normalized spacial score (nSPS) is 10.9. The topological polar surface area (TPSA) is 81.4 Å². The minimum absolute atomic E-state index is 0.0848. The summed E-state index contributed by atoms with van der Waals surface area (Å²) >= 11 is 7.44. The number of nitrogens with one attached hydrogen (secondary N) is 1. The summed E-state index contributed by atoms with van der Waals surface area (Å²) in [5.41, 5.74) is 2.79. The van der Waals surface area contributed by atoms with E-state index in [0.717, 1.165) is 27.6 Å². The Labute approximate surface area is 188 Å². The molecule has 0 unspecified atom stereocenters. The molecule has 0 fully saturated rings. The maximum Gasteiger partial charge on any atom is 0.262 e. The van der Waals surface area contributed by atoms with Gasteiger partial charge in [-0.1, -0.05) is 30.3 Å². The molecule has 0 aliphatic heterocycles. The molecular formula is C22H20ClN5O2S. The van der Waals surface area contributed by atoms with E-state index in [9.17, 15) is 4.79 Å². The van der Waals surface area contributed by atoms with Crippen molar-refractivity contribution in [1.82, 2.24) is 19.6 Å². The van der Waals surface area contributed by atoms with Crippen LogP contribution in [0.2, 0.25) is 5.02 Å². The lowest BCUT2D eigenvalue weighted by Gasteiger charge is -2.12. The van der Waals surface area contributed by atoms with E-state index in [-0.39, 0.29) is 12.5 Å². The summed E-state index contributed by atoms with van der Waals surface area (Å²) < 4.78 is 7.24. The number of halogens is 1. The van der Waals surface area contributed by atoms with Gasteiger partial charge in [0, 0.05) is 26.9 Å². The molecule has 1 amide bonds. The van der Waals surface area contributed by atoms with Crippen molar-refractivity contribution in [2.24, 2.45) is 0 Å². The number of carbonyl (C=O) groups is 1. The van der Waals surface area contributed by atoms with E-state index in [1.165, 1.54) is 6.33 Å². The van der Waals surface area contributed by atoms with Gasteiger partial charge >= 0.3 is 0 Å². The highest BCUT2D eigenvalue weighted by Crippen LogP contribution is 2.32. The number of hydrogen-bond donors (Lipinski definition) is 1. The molecule has 1 N–H and O–H groups in total. The maximum absolute atomic E-state index is 12.2. The van der Waals surface area contributed by atoms with E-state index in [1.807, 2.05) is 31.2 Å². The van der Waals surface area contributed by atoms with Gasteiger partial charge in [0.1, 0.15) is 17.1 Å². The Balaban J connectivity index is 1.42. The fraction of sp³-hybridized carbons (Fsp3) is 0.182. The monoisotopic (exact) mass is 453 g/mol. The van der Waals surface area contributed by atoms with Crippen molar-refractivity contribution in [3.8, 4) is 5.75 Å². The van der Waals surface area contributed by atoms with Gasteiger partial charge in [0.05, 0.1) is 0 Å². The molecule has 0 spiro atoms. The Morgan fingerprint density at radius 3 is 2.61 bits per heavy atom. The number of carbonyl (C=O) groups excluding carboxylic acids is 1. The van der Waals surface area contributed by atoms with Gasteiger partial charge in [0.25, 0.3) is 11.7 Å². The molecule has 0 saturated heterocycles. The van der Waals surface area contributed by atoms with Crippen LogP contribution < -0.4 is 10.1 Å². The SMILES string of the molecule is CCc1c(C)nc2ncnn2c1Sc1ccc(NC(=O)COc2ccc(Cl)cc2)cc1. The molecular weight excluding hydrogens is 434 g/mol. The standard InChI is InChI=1S/C22H20ClN5O2S/c1-3-19-14(2)26-22-24-13-25-28(22)21(19)31-18-10-6-16(7-11-18)27-20(29)12-30-17-8-4-15(23)5-9-17/h4-11,13H,3,12H2,1-2H3,(H,27,29). The van der Waals surface area contributed by atoms with Gasteiger partial charge in [0.15, 0.2) is 6.61 Å². The number of anilines is 1. The van der Waals surface area contributed by atoms with Gasteiger partial charge in [-0.25, -0.2) is 4.98 Å². The Hall–Kier alpha value is -3.10. The second-order valence-electron chi connectivity index (χ2n) is 6.72. The van der Waals surface area contributed by atoms with Crippen molar-refractivity contribution < 1.29 is 9.53 Å². The summed E-state index contributed by atoms with van der Waals surface area (Å²) in [6.45, 7) is 4.00. The van der Waals surface area contributed by atoms with E-state index in [2.05, 4.69) is 27.3 Å². The summed E-state index contributed by atoms with van der Waals surface area (Å²) in [5, 5.41) is 8.76. The molecule has 0 atom stereocenters. The van der Waals surface area contributed by atoms with Gasteiger partial charge in [0.2, 0.25) is 0 Å². The fourth-order valence-corrected chi connectivity index (χ4v) is 4.31. The average Bonchev–Trinajstić information content (AvgIpc) is 3.23. The molecule has 2 aromatic heterocycles. The number of fused-ring (bicyclic) bond motifs is 1. The van der Waals surface area contributed by atoms with Gasteiger partial charge in [-0.2, -0.15) is 14.6 Å². The molecule has 0 aliphatic carbocycles. The zero-order chi connectivity index (χ0) is 21.8. The maximum atomic E-state index is 12.2. The van der Waals surface area contributed by atoms with Crippen molar-refractivity contribution >= 4 is 40.7 Å². The summed E-state index contributed by atoms with van der Waals surface area (Å²) in [6, 6.07) is 14.5. The van der Waals surface area contributed by atoms with Gasteiger partial charge < -0.3 is 10.1 Å². The van der Waals surface area contributed by atoms with E-state index in [0.29, 0.717) is 22.2 Å². The number of aromatic nitrogens is 4. The largest absolute Gasteiger partial charge is 0.484 e. The van der Waals surface area contributed by atoms with Crippen LogP contribution in [0.25, 0.3) is 5.78 Å². The highest BCUT2D eigenvalue weighted by atomic mass is 35.5. The Kier molecular flexibility index (Phi) is 6.39. The second kappa shape index (κ2) is 9.36. The van der Waals surface area contributed by atoms with Crippen LogP contribution in [0, 0.1) is 6.92 Å². The molecule has 31 heavy (non-hydrogen) atoms. The lowest BCUT2D eigenvalue weighted by Crippen LogP contribution is -2.20. The third-order valence-corrected chi connectivity index (χ3v) is 5.95. The molecule has 158 valence electrons. The molecule has 2 aromatic carbocycles. The molecule has 0 bridgehead atoms. The first-order chi connectivity index (χ1) is 15.0. The second-order valence-corrected chi connectivity index (χ2v) is 8.22. The lowest BCUT2D eigenvalue weighted by atomic mass is 10.2. The minimum atomic E-state index is -0.238. The molecule has 4 rings (SSSR count). The molecule has 0 radical (unpaired) electrons. The summed E-state index contributed by atoms with van der Waals surface area (Å²) in [5.74, 6) is 0.935. The Morgan fingerprint density at radius 2 is 1.90 bits per heavy atom. The zero-order valence-corrected chi connectivity index (χ0v) is 18.6. The number of nitrogens with zero attached hydrogens (tertiary/aromatic N) is 4. The van der Waals surface area contributed by atoms with Crippen LogP contribution in [0.15, 0.2) is 64.8 Å². The van der Waals surface area contributed by atoms with Gasteiger partial charge in [-0.3, -0.25) is 4.79 Å². The van der Waals surface area contributed by atoms with Crippen LogP contribution in [0.5, 0.6) is 5.75 Å². The fourth-order valence-electron chi connectivity index (χ4n) is 3.06. The van der Waals surface area contributed by atoms with Crippen molar-refractivity contribution in [2.45, 2.75) is 30.2 Å². The highest BCUT2D eigenvalue weighted by molar-refractivity contribution is 7.99. The number of ether oxygens (including phenoxy) is 1.